The molecule has 0 atom stereocenters. The van der Waals surface area contributed by atoms with Gasteiger partial charge < -0.3 is 9.64 Å². The van der Waals surface area contributed by atoms with Crippen LogP contribution in [0, 0.1) is 0 Å². The van der Waals surface area contributed by atoms with E-state index in [4.69, 9.17) is 4.74 Å². The van der Waals surface area contributed by atoms with Crippen LogP contribution in [-0.2, 0) is 16.0 Å². The summed E-state index contributed by atoms with van der Waals surface area (Å²) in [6, 6.07) is -0.281. The molecule has 0 unspecified atom stereocenters. The molecule has 0 radical (unpaired) electrons. The predicted octanol–water partition coefficient (Wildman–Crippen LogP) is 1.12. The summed E-state index contributed by atoms with van der Waals surface area (Å²) in [5.41, 5.74) is 2.45. The smallest absolute Gasteiger partial charge is 0.332 e. The molecule has 0 spiro atoms. The maximum absolute atomic E-state index is 12.1. The van der Waals surface area contributed by atoms with Crippen molar-refractivity contribution in [3.8, 4) is 0 Å². The highest BCUT2D eigenvalue weighted by molar-refractivity contribution is 7.14. The van der Waals surface area contributed by atoms with E-state index in [0.717, 1.165) is 5.69 Å². The van der Waals surface area contributed by atoms with Gasteiger partial charge in [-0.15, -0.1) is 11.3 Å². The van der Waals surface area contributed by atoms with E-state index in [-0.39, 0.29) is 18.5 Å². The Morgan fingerprint density at radius 1 is 1.50 bits per heavy atom. The number of ether oxygens (including phenoxy) is 1. The number of carbonyl (C=O) groups is 2. The molecule has 1 saturated heterocycles. The summed E-state index contributed by atoms with van der Waals surface area (Å²) in [5.74, 6) is -0.199. The van der Waals surface area contributed by atoms with Gasteiger partial charge in [-0.1, -0.05) is 6.92 Å². The Morgan fingerprint density at radius 2 is 2.28 bits per heavy atom. The maximum atomic E-state index is 12.1. The largest absolute Gasteiger partial charge is 0.383 e. The van der Waals surface area contributed by atoms with Crippen LogP contribution >= 0.6 is 11.3 Å². The number of hydrogen-bond acceptors (Lipinski definition) is 5. The van der Waals surface area contributed by atoms with Gasteiger partial charge in [-0.2, -0.15) is 0 Å². The van der Waals surface area contributed by atoms with Crippen molar-refractivity contribution in [1.29, 1.82) is 0 Å². The first-order valence-corrected chi connectivity index (χ1v) is 6.60. The van der Waals surface area contributed by atoms with Crippen LogP contribution in [0.3, 0.4) is 0 Å². The molecule has 1 aliphatic heterocycles. The number of rotatable bonds is 5. The fraction of sp³-hybridized carbons (Fsp3) is 0.545. The average molecular weight is 269 g/mol. The molecule has 1 aliphatic rings. The quantitative estimate of drug-likeness (QED) is 0.751. The van der Waals surface area contributed by atoms with E-state index in [1.807, 2.05) is 6.92 Å². The third-order valence-electron chi connectivity index (χ3n) is 2.76. The topological polar surface area (TPSA) is 62.7 Å². The van der Waals surface area contributed by atoms with Gasteiger partial charge in [0.25, 0.3) is 5.91 Å². The molecule has 18 heavy (non-hydrogen) atoms. The van der Waals surface area contributed by atoms with E-state index in [0.29, 0.717) is 24.6 Å². The number of aromatic nitrogens is 1. The lowest BCUT2D eigenvalue weighted by molar-refractivity contribution is -0.116. The number of carbonyl (C=O) groups excluding carboxylic acids is 2. The van der Waals surface area contributed by atoms with Gasteiger partial charge in [0, 0.05) is 13.7 Å². The maximum Gasteiger partial charge on any atom is 0.332 e. The predicted molar refractivity (Wildman–Crippen MR) is 67.8 cm³/mol. The van der Waals surface area contributed by atoms with Crippen molar-refractivity contribution in [3.05, 3.63) is 11.2 Å². The van der Waals surface area contributed by atoms with Gasteiger partial charge in [0.05, 0.1) is 17.8 Å². The highest BCUT2D eigenvalue weighted by Gasteiger charge is 2.38. The first-order chi connectivity index (χ1) is 8.69. The van der Waals surface area contributed by atoms with Crippen molar-refractivity contribution in [2.75, 3.05) is 31.7 Å². The molecule has 1 aromatic heterocycles. The zero-order valence-electron chi connectivity index (χ0n) is 10.4. The molecule has 2 heterocycles. The van der Waals surface area contributed by atoms with E-state index in [1.54, 1.807) is 12.6 Å². The normalized spacial score (nSPS) is 15.9. The second-order valence-corrected chi connectivity index (χ2v) is 4.72. The van der Waals surface area contributed by atoms with Crippen molar-refractivity contribution >= 4 is 28.3 Å². The first kappa shape index (κ1) is 13.0. The van der Waals surface area contributed by atoms with Gasteiger partial charge in [0.2, 0.25) is 0 Å². The third-order valence-corrected chi connectivity index (χ3v) is 3.61. The molecule has 0 aliphatic carbocycles. The lowest BCUT2D eigenvalue weighted by Gasteiger charge is -2.15. The summed E-state index contributed by atoms with van der Waals surface area (Å²) in [7, 11) is 1.57. The van der Waals surface area contributed by atoms with Crippen LogP contribution in [0.5, 0.6) is 0 Å². The Kier molecular flexibility index (Phi) is 3.93. The van der Waals surface area contributed by atoms with E-state index >= 15 is 0 Å². The van der Waals surface area contributed by atoms with Crippen LogP contribution in [0.15, 0.2) is 5.51 Å². The Labute approximate surface area is 109 Å². The third kappa shape index (κ3) is 2.23. The molecule has 0 saturated carbocycles. The van der Waals surface area contributed by atoms with Crippen molar-refractivity contribution in [2.45, 2.75) is 13.3 Å². The van der Waals surface area contributed by atoms with Crippen molar-refractivity contribution in [1.82, 2.24) is 9.88 Å². The molecule has 98 valence electrons. The molecule has 7 heteroatoms. The Bertz CT molecular complexity index is 460. The summed E-state index contributed by atoms with van der Waals surface area (Å²) >= 11 is 1.32. The second kappa shape index (κ2) is 5.45. The minimum Gasteiger partial charge on any atom is -0.383 e. The lowest BCUT2D eigenvalue weighted by atomic mass is 10.3. The van der Waals surface area contributed by atoms with Crippen molar-refractivity contribution in [2.24, 2.45) is 0 Å². The number of hydrogen-bond donors (Lipinski definition) is 0. The minimum atomic E-state index is -0.281. The Hall–Kier alpha value is -1.47. The molecular formula is C11H15N3O3S. The molecular weight excluding hydrogens is 254 g/mol. The molecule has 0 aromatic carbocycles. The molecule has 1 fully saturated rings. The van der Waals surface area contributed by atoms with Crippen molar-refractivity contribution < 1.29 is 14.3 Å². The number of thiazole rings is 1. The number of nitrogens with zero attached hydrogens (tertiary/aromatic N) is 3. The number of imide groups is 1. The Balaban J connectivity index is 2.19. The average Bonchev–Trinajstić information content (AvgIpc) is 2.91. The van der Waals surface area contributed by atoms with Gasteiger partial charge >= 0.3 is 6.03 Å². The summed E-state index contributed by atoms with van der Waals surface area (Å²) in [6.45, 7) is 2.92. The monoisotopic (exact) mass is 269 g/mol. The van der Waals surface area contributed by atoms with Crippen LogP contribution < -0.4 is 4.90 Å². The first-order valence-electron chi connectivity index (χ1n) is 5.72. The zero-order valence-corrected chi connectivity index (χ0v) is 11.2. The van der Waals surface area contributed by atoms with Gasteiger partial charge in [0.15, 0.2) is 0 Å². The van der Waals surface area contributed by atoms with E-state index in [1.165, 1.54) is 21.1 Å². The van der Waals surface area contributed by atoms with Crippen LogP contribution in [0.2, 0.25) is 0 Å². The minimum absolute atomic E-state index is 0.114. The standard InChI is InChI=1S/C11H15N3O3S/c1-3-8-10(18-7-12-8)14-9(15)6-13(11(14)16)4-5-17-2/h7H,3-6H2,1-2H3. The van der Waals surface area contributed by atoms with Crippen LogP contribution in [-0.4, -0.2) is 48.6 Å². The van der Waals surface area contributed by atoms with Gasteiger partial charge in [-0.3, -0.25) is 4.79 Å². The summed E-state index contributed by atoms with van der Waals surface area (Å²) < 4.78 is 4.92. The van der Waals surface area contributed by atoms with Gasteiger partial charge in [-0.05, 0) is 6.42 Å². The van der Waals surface area contributed by atoms with Crippen LogP contribution in [0.25, 0.3) is 0 Å². The molecule has 6 nitrogen and oxygen atoms in total. The van der Waals surface area contributed by atoms with Crippen LogP contribution in [0.1, 0.15) is 12.6 Å². The number of anilines is 1. The van der Waals surface area contributed by atoms with E-state index in [9.17, 15) is 9.59 Å². The fourth-order valence-corrected chi connectivity index (χ4v) is 2.71. The number of amides is 3. The van der Waals surface area contributed by atoms with Crippen molar-refractivity contribution in [3.63, 3.8) is 0 Å². The lowest BCUT2D eigenvalue weighted by Crippen LogP contribution is -2.34. The van der Waals surface area contributed by atoms with Gasteiger partial charge in [0.1, 0.15) is 11.5 Å². The van der Waals surface area contributed by atoms with Gasteiger partial charge in [-0.25, -0.2) is 14.7 Å². The summed E-state index contributed by atoms with van der Waals surface area (Å²) in [6.07, 6.45) is 0.702. The molecule has 1 aromatic rings. The molecule has 0 bridgehead atoms. The number of methoxy groups -OCH3 is 1. The highest BCUT2D eigenvalue weighted by atomic mass is 32.1. The number of urea groups is 1. The fourth-order valence-electron chi connectivity index (χ4n) is 1.81. The number of aryl methyl sites for hydroxylation is 1. The molecule has 0 N–H and O–H groups in total. The highest BCUT2D eigenvalue weighted by Crippen LogP contribution is 2.29. The summed E-state index contributed by atoms with van der Waals surface area (Å²) in [4.78, 5) is 31.0. The zero-order chi connectivity index (χ0) is 13.1. The van der Waals surface area contributed by atoms with E-state index < -0.39 is 0 Å². The molecule has 2 rings (SSSR count). The Morgan fingerprint density at radius 3 is 2.94 bits per heavy atom. The SMILES string of the molecule is CCc1ncsc1N1C(=O)CN(CCOC)C1=O. The van der Waals surface area contributed by atoms with E-state index in [2.05, 4.69) is 4.98 Å². The summed E-state index contributed by atoms with van der Waals surface area (Å²) in [5, 5.41) is 0.646. The molecule has 3 amide bonds. The second-order valence-electron chi connectivity index (χ2n) is 3.88. The van der Waals surface area contributed by atoms with Crippen LogP contribution in [0.4, 0.5) is 9.80 Å².